The van der Waals surface area contributed by atoms with Crippen LogP contribution in [0.5, 0.6) is 0 Å². The van der Waals surface area contributed by atoms with E-state index in [1.807, 2.05) is 18.5 Å². The number of amides is 1. The van der Waals surface area contributed by atoms with E-state index in [1.54, 1.807) is 18.0 Å². The van der Waals surface area contributed by atoms with Crippen LogP contribution in [0, 0.1) is 6.92 Å². The summed E-state index contributed by atoms with van der Waals surface area (Å²) in [5.74, 6) is 0.872. The summed E-state index contributed by atoms with van der Waals surface area (Å²) in [7, 11) is 0. The number of nitrogens with zero attached hydrogens (tertiary/aromatic N) is 2. The zero-order valence-electron chi connectivity index (χ0n) is 14.3. The van der Waals surface area contributed by atoms with Gasteiger partial charge in [0, 0.05) is 48.4 Å². The summed E-state index contributed by atoms with van der Waals surface area (Å²) in [5, 5.41) is 4.23. The number of rotatable bonds is 3. The lowest BCUT2D eigenvalue weighted by Gasteiger charge is -2.27. The SMILES string of the molecule is Cc1c[nH]c2nccc(N3C=C(C(=O)N[C@@H]4CCC[C@H]4N)SCC3)c12. The van der Waals surface area contributed by atoms with Gasteiger partial charge in [0.05, 0.1) is 10.6 Å². The molecule has 1 fully saturated rings. The highest BCUT2D eigenvalue weighted by Crippen LogP contribution is 2.32. The first-order valence-corrected chi connectivity index (χ1v) is 9.72. The van der Waals surface area contributed by atoms with E-state index in [-0.39, 0.29) is 18.0 Å². The summed E-state index contributed by atoms with van der Waals surface area (Å²) in [6.07, 6.45) is 8.80. The minimum absolute atomic E-state index is 0.00635. The average molecular weight is 357 g/mol. The Morgan fingerprint density at radius 3 is 3.16 bits per heavy atom. The van der Waals surface area contributed by atoms with Crippen molar-refractivity contribution in [3.8, 4) is 0 Å². The second-order valence-electron chi connectivity index (χ2n) is 6.74. The molecule has 2 aliphatic rings. The molecule has 3 heterocycles. The molecule has 2 aromatic rings. The van der Waals surface area contributed by atoms with Crippen molar-refractivity contribution in [3.63, 3.8) is 0 Å². The van der Waals surface area contributed by atoms with Crippen molar-refractivity contribution in [2.75, 3.05) is 17.2 Å². The molecule has 0 spiro atoms. The molecule has 0 bridgehead atoms. The second kappa shape index (κ2) is 6.72. The van der Waals surface area contributed by atoms with E-state index in [4.69, 9.17) is 5.73 Å². The molecule has 4 N–H and O–H groups in total. The summed E-state index contributed by atoms with van der Waals surface area (Å²) >= 11 is 1.61. The van der Waals surface area contributed by atoms with Crippen LogP contribution in [0.15, 0.2) is 29.6 Å². The molecule has 1 aliphatic heterocycles. The average Bonchev–Trinajstić information content (AvgIpc) is 3.21. The predicted octanol–water partition coefficient (Wildman–Crippen LogP) is 2.26. The van der Waals surface area contributed by atoms with Crippen molar-refractivity contribution in [3.05, 3.63) is 35.1 Å². The van der Waals surface area contributed by atoms with Gasteiger partial charge in [0.2, 0.25) is 0 Å². The number of nitrogens with two attached hydrogens (primary N) is 1. The smallest absolute Gasteiger partial charge is 0.259 e. The maximum atomic E-state index is 12.7. The van der Waals surface area contributed by atoms with Crippen molar-refractivity contribution in [2.45, 2.75) is 38.3 Å². The van der Waals surface area contributed by atoms with E-state index in [1.165, 1.54) is 0 Å². The number of hydrogen-bond acceptors (Lipinski definition) is 5. The third-order valence-electron chi connectivity index (χ3n) is 5.03. The normalized spacial score (nSPS) is 23.8. The maximum Gasteiger partial charge on any atom is 0.259 e. The monoisotopic (exact) mass is 357 g/mol. The van der Waals surface area contributed by atoms with Crippen molar-refractivity contribution in [2.24, 2.45) is 5.73 Å². The Hall–Kier alpha value is -1.99. The number of aromatic nitrogens is 2. The van der Waals surface area contributed by atoms with E-state index in [0.29, 0.717) is 0 Å². The molecule has 1 aliphatic carbocycles. The molecule has 7 heteroatoms. The molecule has 4 rings (SSSR count). The summed E-state index contributed by atoms with van der Waals surface area (Å²) in [6, 6.07) is 2.19. The Morgan fingerprint density at radius 2 is 2.36 bits per heavy atom. The standard InChI is InChI=1S/C18H23N5OS/c1-11-9-21-17-16(11)14(5-6-20-17)23-7-8-25-15(10-23)18(24)22-13-4-2-3-12(13)19/h5-6,9-10,12-13H,2-4,7-8,19H2,1H3,(H,20,21)(H,22,24)/t12-,13-/m1/s1. The highest BCUT2D eigenvalue weighted by molar-refractivity contribution is 8.04. The molecule has 6 nitrogen and oxygen atoms in total. The number of aromatic amines is 1. The van der Waals surface area contributed by atoms with E-state index in [9.17, 15) is 4.79 Å². The molecular weight excluding hydrogens is 334 g/mol. The molecular formula is C18H23N5OS. The quantitative estimate of drug-likeness (QED) is 0.784. The first kappa shape index (κ1) is 16.5. The van der Waals surface area contributed by atoms with Gasteiger partial charge in [-0.3, -0.25) is 4.79 Å². The van der Waals surface area contributed by atoms with Crippen LogP contribution >= 0.6 is 11.8 Å². The van der Waals surface area contributed by atoms with Crippen molar-refractivity contribution < 1.29 is 4.79 Å². The highest BCUT2D eigenvalue weighted by Gasteiger charge is 2.27. The Morgan fingerprint density at radius 1 is 1.48 bits per heavy atom. The number of hydrogen-bond donors (Lipinski definition) is 3. The Balaban J connectivity index is 1.59. The number of aryl methyl sites for hydroxylation is 1. The highest BCUT2D eigenvalue weighted by atomic mass is 32.2. The van der Waals surface area contributed by atoms with Gasteiger partial charge in [0.1, 0.15) is 5.65 Å². The molecule has 2 aromatic heterocycles. The molecule has 1 amide bonds. The lowest BCUT2D eigenvalue weighted by molar-refractivity contribution is -0.117. The van der Waals surface area contributed by atoms with Gasteiger partial charge in [-0.15, -0.1) is 11.8 Å². The number of thioether (sulfide) groups is 1. The summed E-state index contributed by atoms with van der Waals surface area (Å²) in [4.78, 5) is 23.2. The van der Waals surface area contributed by atoms with Crippen LogP contribution in [0.1, 0.15) is 24.8 Å². The number of fused-ring (bicyclic) bond motifs is 1. The van der Waals surface area contributed by atoms with Crippen molar-refractivity contribution >= 4 is 34.4 Å². The van der Waals surface area contributed by atoms with Gasteiger partial charge in [-0.2, -0.15) is 0 Å². The van der Waals surface area contributed by atoms with Gasteiger partial charge in [0.15, 0.2) is 0 Å². The van der Waals surface area contributed by atoms with E-state index in [0.717, 1.165) is 58.7 Å². The number of anilines is 1. The molecule has 0 saturated heterocycles. The summed E-state index contributed by atoms with van der Waals surface area (Å²) in [6.45, 7) is 2.94. The fraction of sp³-hybridized carbons (Fsp3) is 0.444. The first-order valence-electron chi connectivity index (χ1n) is 8.74. The third-order valence-corrected chi connectivity index (χ3v) is 6.02. The van der Waals surface area contributed by atoms with Gasteiger partial charge in [-0.25, -0.2) is 4.98 Å². The van der Waals surface area contributed by atoms with E-state index in [2.05, 4.69) is 27.1 Å². The predicted molar refractivity (Wildman–Crippen MR) is 102 cm³/mol. The third kappa shape index (κ3) is 3.14. The van der Waals surface area contributed by atoms with Gasteiger partial charge in [-0.05, 0) is 37.8 Å². The van der Waals surface area contributed by atoms with Crippen molar-refractivity contribution in [1.82, 2.24) is 15.3 Å². The zero-order chi connectivity index (χ0) is 17.4. The first-order chi connectivity index (χ1) is 12.1. The topological polar surface area (TPSA) is 87.0 Å². The Labute approximate surface area is 151 Å². The number of carbonyl (C=O) groups is 1. The lowest BCUT2D eigenvalue weighted by atomic mass is 10.2. The Bertz CT molecular complexity index is 830. The molecule has 1 saturated carbocycles. The van der Waals surface area contributed by atoms with Gasteiger partial charge < -0.3 is 20.9 Å². The molecule has 132 valence electrons. The van der Waals surface area contributed by atoms with Crippen LogP contribution in [0.4, 0.5) is 5.69 Å². The molecule has 2 atom stereocenters. The van der Waals surface area contributed by atoms with Crippen LogP contribution < -0.4 is 16.0 Å². The largest absolute Gasteiger partial charge is 0.347 e. The summed E-state index contributed by atoms with van der Waals surface area (Å²) in [5.41, 5.74) is 9.21. The molecule has 0 aromatic carbocycles. The van der Waals surface area contributed by atoms with Crippen LogP contribution in [0.3, 0.4) is 0 Å². The fourth-order valence-electron chi connectivity index (χ4n) is 3.66. The number of H-pyrrole nitrogens is 1. The molecule has 0 radical (unpaired) electrons. The maximum absolute atomic E-state index is 12.7. The zero-order valence-corrected chi connectivity index (χ0v) is 15.1. The van der Waals surface area contributed by atoms with Crippen LogP contribution in [0.25, 0.3) is 11.0 Å². The van der Waals surface area contributed by atoms with Gasteiger partial charge in [0.25, 0.3) is 5.91 Å². The van der Waals surface area contributed by atoms with Gasteiger partial charge in [-0.1, -0.05) is 0 Å². The van der Waals surface area contributed by atoms with E-state index >= 15 is 0 Å². The van der Waals surface area contributed by atoms with E-state index < -0.39 is 0 Å². The number of pyridine rings is 1. The van der Waals surface area contributed by atoms with Crippen LogP contribution in [0.2, 0.25) is 0 Å². The lowest BCUT2D eigenvalue weighted by Crippen LogP contribution is -2.44. The van der Waals surface area contributed by atoms with Crippen LogP contribution in [-0.2, 0) is 4.79 Å². The second-order valence-corrected chi connectivity index (χ2v) is 7.87. The Kier molecular flexibility index (Phi) is 4.43. The van der Waals surface area contributed by atoms with Gasteiger partial charge >= 0.3 is 0 Å². The number of carbonyl (C=O) groups excluding carboxylic acids is 1. The molecule has 0 unspecified atom stereocenters. The molecule has 25 heavy (non-hydrogen) atoms. The summed E-state index contributed by atoms with van der Waals surface area (Å²) < 4.78 is 0. The number of nitrogens with one attached hydrogen (secondary N) is 2. The fourth-order valence-corrected chi connectivity index (χ4v) is 4.56. The minimum atomic E-state index is -0.00635. The minimum Gasteiger partial charge on any atom is -0.347 e. The van der Waals surface area contributed by atoms with Crippen molar-refractivity contribution in [1.29, 1.82) is 0 Å². The van der Waals surface area contributed by atoms with Crippen LogP contribution in [-0.4, -0.2) is 40.3 Å².